The van der Waals surface area contributed by atoms with E-state index in [4.69, 9.17) is 0 Å². The lowest BCUT2D eigenvalue weighted by atomic mass is 9.91. The lowest BCUT2D eigenvalue weighted by molar-refractivity contribution is 0.829. The van der Waals surface area contributed by atoms with Crippen LogP contribution in [0.5, 0.6) is 0 Å². The second-order valence-corrected chi connectivity index (χ2v) is 4.42. The van der Waals surface area contributed by atoms with E-state index in [1.165, 1.54) is 35.1 Å². The number of hydrogen-bond acceptors (Lipinski definition) is 0. The van der Waals surface area contributed by atoms with Gasteiger partial charge in [0.05, 0.1) is 0 Å². The number of benzene rings is 1. The van der Waals surface area contributed by atoms with Gasteiger partial charge in [-0.3, -0.25) is 0 Å². The van der Waals surface area contributed by atoms with Crippen LogP contribution >= 0.6 is 0 Å². The van der Waals surface area contributed by atoms with Crippen LogP contribution in [0, 0.1) is 27.7 Å². The zero-order chi connectivity index (χ0) is 11.4. The second-order valence-electron chi connectivity index (χ2n) is 4.42. The van der Waals surface area contributed by atoms with E-state index in [0.29, 0.717) is 0 Å². The molecule has 0 spiro atoms. The van der Waals surface area contributed by atoms with E-state index in [2.05, 4.69) is 40.3 Å². The van der Waals surface area contributed by atoms with Crippen LogP contribution in [0.25, 0.3) is 0 Å². The largest absolute Gasteiger partial charge is 0.103 e. The Balaban J connectivity index is 2.98. The van der Waals surface area contributed by atoms with Gasteiger partial charge in [0.1, 0.15) is 0 Å². The Labute approximate surface area is 94.0 Å². The molecular formula is C15H22. The third-order valence-corrected chi connectivity index (χ3v) is 3.36. The van der Waals surface area contributed by atoms with Crippen LogP contribution in [-0.4, -0.2) is 0 Å². The molecule has 0 fully saturated rings. The summed E-state index contributed by atoms with van der Waals surface area (Å²) in [4.78, 5) is 0. The summed E-state index contributed by atoms with van der Waals surface area (Å²) in [5.74, 6) is 0. The first kappa shape index (κ1) is 12.0. The van der Waals surface area contributed by atoms with Crippen molar-refractivity contribution in [2.45, 2.75) is 47.0 Å². The van der Waals surface area contributed by atoms with Crippen molar-refractivity contribution in [3.8, 4) is 0 Å². The SMILES string of the molecule is C=CCCCc1c(C)c(C)cc(C)c1C. The average Bonchev–Trinajstić information content (AvgIpc) is 2.20. The number of rotatable bonds is 4. The highest BCUT2D eigenvalue weighted by Gasteiger charge is 2.07. The molecule has 0 amide bonds. The van der Waals surface area contributed by atoms with Crippen LogP contribution in [0.15, 0.2) is 18.7 Å². The number of unbranched alkanes of at least 4 members (excludes halogenated alkanes) is 1. The van der Waals surface area contributed by atoms with Crippen molar-refractivity contribution >= 4 is 0 Å². The molecule has 0 radical (unpaired) electrons. The van der Waals surface area contributed by atoms with Gasteiger partial charge in [0.25, 0.3) is 0 Å². The summed E-state index contributed by atoms with van der Waals surface area (Å²) in [5.41, 5.74) is 7.34. The number of hydrogen-bond donors (Lipinski definition) is 0. The Kier molecular flexibility index (Phi) is 4.14. The third-order valence-electron chi connectivity index (χ3n) is 3.36. The van der Waals surface area contributed by atoms with E-state index in [-0.39, 0.29) is 0 Å². The summed E-state index contributed by atoms with van der Waals surface area (Å²) < 4.78 is 0. The van der Waals surface area contributed by atoms with Gasteiger partial charge < -0.3 is 0 Å². The molecule has 0 aliphatic heterocycles. The van der Waals surface area contributed by atoms with Crippen LogP contribution in [-0.2, 0) is 6.42 Å². The van der Waals surface area contributed by atoms with Gasteiger partial charge in [-0.2, -0.15) is 0 Å². The highest BCUT2D eigenvalue weighted by molar-refractivity contribution is 5.44. The third kappa shape index (κ3) is 2.71. The topological polar surface area (TPSA) is 0 Å². The van der Waals surface area contributed by atoms with Gasteiger partial charge in [0, 0.05) is 0 Å². The lowest BCUT2D eigenvalue weighted by Gasteiger charge is -2.14. The smallest absolute Gasteiger partial charge is 0.0270 e. The van der Waals surface area contributed by atoms with Crippen LogP contribution < -0.4 is 0 Å². The monoisotopic (exact) mass is 202 g/mol. The Morgan fingerprint density at radius 1 is 1.07 bits per heavy atom. The molecule has 0 heteroatoms. The predicted molar refractivity (Wildman–Crippen MR) is 68.5 cm³/mol. The maximum absolute atomic E-state index is 3.77. The molecule has 0 heterocycles. The second kappa shape index (κ2) is 5.16. The molecule has 1 aromatic rings. The quantitative estimate of drug-likeness (QED) is 0.500. The molecule has 15 heavy (non-hydrogen) atoms. The van der Waals surface area contributed by atoms with Gasteiger partial charge in [0.2, 0.25) is 0 Å². The summed E-state index contributed by atoms with van der Waals surface area (Å²) in [7, 11) is 0. The maximum Gasteiger partial charge on any atom is -0.0270 e. The fourth-order valence-electron chi connectivity index (χ4n) is 2.10. The average molecular weight is 202 g/mol. The van der Waals surface area contributed by atoms with E-state index < -0.39 is 0 Å². The van der Waals surface area contributed by atoms with Gasteiger partial charge in [-0.05, 0) is 74.8 Å². The Bertz CT molecular complexity index is 333. The van der Waals surface area contributed by atoms with Crippen molar-refractivity contribution in [3.05, 3.63) is 46.5 Å². The van der Waals surface area contributed by atoms with Crippen molar-refractivity contribution in [3.63, 3.8) is 0 Å². The van der Waals surface area contributed by atoms with Crippen LogP contribution in [0.2, 0.25) is 0 Å². The predicted octanol–water partition coefficient (Wildman–Crippen LogP) is 4.43. The molecule has 0 nitrogen and oxygen atoms in total. The van der Waals surface area contributed by atoms with Crippen LogP contribution in [0.3, 0.4) is 0 Å². The van der Waals surface area contributed by atoms with Crippen molar-refractivity contribution < 1.29 is 0 Å². The highest BCUT2D eigenvalue weighted by atomic mass is 14.1. The summed E-state index contributed by atoms with van der Waals surface area (Å²) in [6.07, 6.45) is 5.53. The molecule has 1 rings (SSSR count). The molecule has 0 saturated carbocycles. The van der Waals surface area contributed by atoms with Crippen LogP contribution in [0.1, 0.15) is 40.7 Å². The Morgan fingerprint density at radius 2 is 1.60 bits per heavy atom. The zero-order valence-corrected chi connectivity index (χ0v) is 10.5. The summed E-state index contributed by atoms with van der Waals surface area (Å²) in [6, 6.07) is 2.29. The Morgan fingerprint density at radius 3 is 2.07 bits per heavy atom. The molecule has 0 aromatic heterocycles. The van der Waals surface area contributed by atoms with Gasteiger partial charge in [0.15, 0.2) is 0 Å². The van der Waals surface area contributed by atoms with E-state index in [0.717, 1.165) is 6.42 Å². The molecule has 0 aliphatic rings. The van der Waals surface area contributed by atoms with Gasteiger partial charge in [-0.1, -0.05) is 12.1 Å². The molecule has 1 aromatic carbocycles. The Hall–Kier alpha value is -1.04. The summed E-state index contributed by atoms with van der Waals surface area (Å²) in [6.45, 7) is 12.7. The minimum Gasteiger partial charge on any atom is -0.103 e. The first-order chi connectivity index (χ1) is 7.07. The van der Waals surface area contributed by atoms with E-state index in [9.17, 15) is 0 Å². The molecule has 0 saturated heterocycles. The maximum atomic E-state index is 3.77. The van der Waals surface area contributed by atoms with Crippen LogP contribution in [0.4, 0.5) is 0 Å². The first-order valence-corrected chi connectivity index (χ1v) is 5.75. The van der Waals surface area contributed by atoms with Crippen molar-refractivity contribution in [1.82, 2.24) is 0 Å². The lowest BCUT2D eigenvalue weighted by Crippen LogP contribution is -1.99. The van der Waals surface area contributed by atoms with E-state index in [1.807, 2.05) is 6.08 Å². The molecule has 0 N–H and O–H groups in total. The van der Waals surface area contributed by atoms with E-state index in [1.54, 1.807) is 5.56 Å². The number of allylic oxidation sites excluding steroid dienone is 1. The van der Waals surface area contributed by atoms with Crippen molar-refractivity contribution in [2.24, 2.45) is 0 Å². The van der Waals surface area contributed by atoms with Gasteiger partial charge in [-0.25, -0.2) is 0 Å². The fourth-order valence-corrected chi connectivity index (χ4v) is 2.10. The fraction of sp³-hybridized carbons (Fsp3) is 0.467. The molecule has 0 unspecified atom stereocenters. The first-order valence-electron chi connectivity index (χ1n) is 5.75. The number of aryl methyl sites for hydroxylation is 2. The van der Waals surface area contributed by atoms with E-state index >= 15 is 0 Å². The zero-order valence-electron chi connectivity index (χ0n) is 10.5. The van der Waals surface area contributed by atoms with Crippen molar-refractivity contribution in [2.75, 3.05) is 0 Å². The van der Waals surface area contributed by atoms with Crippen molar-refractivity contribution in [1.29, 1.82) is 0 Å². The van der Waals surface area contributed by atoms with Gasteiger partial charge >= 0.3 is 0 Å². The molecular weight excluding hydrogens is 180 g/mol. The summed E-state index contributed by atoms with van der Waals surface area (Å²) in [5, 5.41) is 0. The molecule has 0 atom stereocenters. The summed E-state index contributed by atoms with van der Waals surface area (Å²) >= 11 is 0. The highest BCUT2D eigenvalue weighted by Crippen LogP contribution is 2.23. The minimum absolute atomic E-state index is 1.12. The van der Waals surface area contributed by atoms with Gasteiger partial charge in [-0.15, -0.1) is 6.58 Å². The normalized spacial score (nSPS) is 10.4. The minimum atomic E-state index is 1.12. The molecule has 0 bridgehead atoms. The molecule has 82 valence electrons. The standard InChI is InChI=1S/C15H22/c1-6-7-8-9-15-13(4)11(2)10-12(3)14(15)5/h6,10H,1,7-9H2,2-5H3. The molecule has 0 aliphatic carbocycles.